The number of amides is 2. The van der Waals surface area contributed by atoms with Gasteiger partial charge in [0.15, 0.2) is 0 Å². The molecule has 3 heterocycles. The maximum absolute atomic E-state index is 13.3. The monoisotopic (exact) mass is 624 g/mol. The lowest BCUT2D eigenvalue weighted by molar-refractivity contribution is 0.0688. The number of halogens is 1. The summed E-state index contributed by atoms with van der Waals surface area (Å²) in [4.78, 5) is 31.0. The smallest absolute Gasteiger partial charge is 0.281 e. The molecule has 0 atom stereocenters. The van der Waals surface area contributed by atoms with Crippen LogP contribution >= 0.6 is 11.6 Å². The molecule has 0 spiro atoms. The fourth-order valence-electron chi connectivity index (χ4n) is 5.77. The van der Waals surface area contributed by atoms with Crippen molar-refractivity contribution in [2.75, 3.05) is 25.4 Å². The van der Waals surface area contributed by atoms with Gasteiger partial charge in [0.2, 0.25) is 10.0 Å². The first-order chi connectivity index (χ1) is 20.5. The van der Waals surface area contributed by atoms with Crippen molar-refractivity contribution in [1.29, 1.82) is 0 Å². The van der Waals surface area contributed by atoms with E-state index in [0.717, 1.165) is 38.4 Å². The van der Waals surface area contributed by atoms with E-state index in [2.05, 4.69) is 9.71 Å². The predicted molar refractivity (Wildman–Crippen MR) is 168 cm³/mol. The summed E-state index contributed by atoms with van der Waals surface area (Å²) in [5, 5.41) is 1.60. The van der Waals surface area contributed by atoms with Crippen molar-refractivity contribution in [3.05, 3.63) is 87.8 Å². The quantitative estimate of drug-likeness (QED) is 0.229. The minimum absolute atomic E-state index is 0.0581. The molecule has 0 aliphatic carbocycles. The van der Waals surface area contributed by atoms with E-state index in [4.69, 9.17) is 16.3 Å². The Kier molecular flexibility index (Phi) is 9.17. The number of rotatable bonds is 10. The topological polar surface area (TPSA) is 114 Å². The van der Waals surface area contributed by atoms with E-state index in [1.165, 1.54) is 0 Å². The number of H-pyrrole nitrogens is 1. The van der Waals surface area contributed by atoms with Crippen LogP contribution in [0.15, 0.2) is 54.7 Å². The molecule has 2 amide bonds. The molecule has 11 heteroatoms. The number of likely N-dealkylation sites (tertiary alicyclic amines) is 1. The van der Waals surface area contributed by atoms with Gasteiger partial charge in [0.05, 0.1) is 12.4 Å². The van der Waals surface area contributed by atoms with Crippen molar-refractivity contribution in [3.8, 4) is 5.75 Å². The number of benzene rings is 2. The van der Waals surface area contributed by atoms with E-state index < -0.39 is 15.9 Å². The molecular weight excluding hydrogens is 588 g/mol. The third kappa shape index (κ3) is 7.08. The molecule has 43 heavy (non-hydrogen) atoms. The van der Waals surface area contributed by atoms with Crippen LogP contribution in [0, 0.1) is 19.8 Å². The van der Waals surface area contributed by atoms with E-state index in [1.807, 2.05) is 69.6 Å². The highest BCUT2D eigenvalue weighted by Gasteiger charge is 2.29. The molecule has 0 bridgehead atoms. The van der Waals surface area contributed by atoms with Crippen molar-refractivity contribution < 1.29 is 22.7 Å². The van der Waals surface area contributed by atoms with Gasteiger partial charge in [-0.3, -0.25) is 9.59 Å². The Bertz CT molecular complexity index is 1730. The van der Waals surface area contributed by atoms with Crippen LogP contribution in [-0.2, 0) is 23.5 Å². The lowest BCUT2D eigenvalue weighted by Crippen LogP contribution is -2.42. The Labute approximate surface area is 257 Å². The molecule has 1 saturated heterocycles. The van der Waals surface area contributed by atoms with Crippen molar-refractivity contribution in [2.24, 2.45) is 13.0 Å². The van der Waals surface area contributed by atoms with Gasteiger partial charge in [-0.1, -0.05) is 29.8 Å². The first-order valence-corrected chi connectivity index (χ1v) is 16.5. The number of aromatic amines is 1. The second kappa shape index (κ2) is 12.9. The molecule has 2 aromatic heterocycles. The molecule has 2 N–H and O–H groups in total. The fraction of sp³-hybridized carbons (Fsp3) is 0.375. The second-order valence-corrected chi connectivity index (χ2v) is 13.4. The van der Waals surface area contributed by atoms with Gasteiger partial charge in [0.25, 0.3) is 11.8 Å². The molecule has 1 aliphatic rings. The summed E-state index contributed by atoms with van der Waals surface area (Å²) in [5.74, 6) is -0.321. The maximum Gasteiger partial charge on any atom is 0.281 e. The zero-order chi connectivity index (χ0) is 30.7. The normalized spacial score (nSPS) is 14.3. The van der Waals surface area contributed by atoms with Crippen LogP contribution < -0.4 is 9.46 Å². The summed E-state index contributed by atoms with van der Waals surface area (Å²) in [6.45, 7) is 5.24. The summed E-state index contributed by atoms with van der Waals surface area (Å²) in [5.41, 5.74) is 4.25. The zero-order valence-corrected chi connectivity index (χ0v) is 26.2. The molecule has 1 aliphatic heterocycles. The van der Waals surface area contributed by atoms with E-state index in [0.29, 0.717) is 51.1 Å². The minimum atomic E-state index is -3.91. The highest BCUT2D eigenvalue weighted by atomic mass is 35.5. The Morgan fingerprint density at radius 3 is 2.44 bits per heavy atom. The number of para-hydroxylation sites is 1. The number of aryl methyl sites for hydroxylation is 4. The van der Waals surface area contributed by atoms with Gasteiger partial charge in [-0.25, -0.2) is 13.1 Å². The number of nitrogens with one attached hydrogen (secondary N) is 2. The van der Waals surface area contributed by atoms with Crippen molar-refractivity contribution in [3.63, 3.8) is 0 Å². The van der Waals surface area contributed by atoms with Crippen LogP contribution in [0.25, 0.3) is 10.9 Å². The van der Waals surface area contributed by atoms with E-state index >= 15 is 0 Å². The van der Waals surface area contributed by atoms with Gasteiger partial charge in [-0.15, -0.1) is 0 Å². The van der Waals surface area contributed by atoms with Gasteiger partial charge in [-0.2, -0.15) is 0 Å². The van der Waals surface area contributed by atoms with Crippen LogP contribution in [0.4, 0.5) is 0 Å². The highest BCUT2D eigenvalue weighted by Crippen LogP contribution is 2.27. The van der Waals surface area contributed by atoms with Crippen LogP contribution in [0.1, 0.15) is 56.9 Å². The number of piperidine rings is 1. The molecule has 0 saturated carbocycles. The summed E-state index contributed by atoms with van der Waals surface area (Å²) < 4.78 is 36.2. The average molecular weight is 625 g/mol. The van der Waals surface area contributed by atoms with Crippen molar-refractivity contribution >= 4 is 44.3 Å². The number of fused-ring (bicyclic) bond motifs is 1. The zero-order valence-electron chi connectivity index (χ0n) is 24.7. The third-order valence-corrected chi connectivity index (χ3v) is 10.1. The van der Waals surface area contributed by atoms with Crippen LogP contribution in [0.5, 0.6) is 5.75 Å². The standard InChI is InChI=1S/C32H37ClN4O5S/c1-21-18-24(19-22(2)29(21)33)42-17-7-9-26-25-8-4-5-10-27(25)34-30(26)31(38)35-43(40,41)20-23-12-15-37(16-13-23)32(39)28-11-6-14-36(28)3/h4-6,8,10-11,14,18-19,23,34H,7,9,12-13,15-17,20H2,1-3H3,(H,35,38). The van der Waals surface area contributed by atoms with Crippen molar-refractivity contribution in [2.45, 2.75) is 39.5 Å². The number of carbonyl (C=O) groups excluding carboxylic acids is 2. The van der Waals surface area contributed by atoms with Crippen molar-refractivity contribution in [1.82, 2.24) is 19.2 Å². The lowest BCUT2D eigenvalue weighted by Gasteiger charge is -2.31. The van der Waals surface area contributed by atoms with Gasteiger partial charge in [0.1, 0.15) is 17.1 Å². The van der Waals surface area contributed by atoms with Crippen LogP contribution in [0.2, 0.25) is 5.02 Å². The first kappa shape index (κ1) is 30.7. The Hall–Kier alpha value is -3.76. The van der Waals surface area contributed by atoms with Gasteiger partial charge in [-0.05, 0) is 92.5 Å². The number of carbonyl (C=O) groups is 2. The van der Waals surface area contributed by atoms with Crippen LogP contribution in [-0.4, -0.2) is 60.1 Å². The van der Waals surface area contributed by atoms with E-state index in [9.17, 15) is 18.0 Å². The molecule has 228 valence electrons. The van der Waals surface area contributed by atoms with Gasteiger partial charge >= 0.3 is 0 Å². The SMILES string of the molecule is Cc1cc(OCCCc2c(C(=O)NS(=O)(=O)CC3CCN(C(=O)c4cccn4C)CC3)[nH]c3ccccc23)cc(C)c1Cl. The summed E-state index contributed by atoms with van der Waals surface area (Å²) in [6.07, 6.45) is 4.07. The molecule has 0 radical (unpaired) electrons. The molecule has 9 nitrogen and oxygen atoms in total. The second-order valence-electron chi connectivity index (χ2n) is 11.3. The Morgan fingerprint density at radius 1 is 1.07 bits per heavy atom. The van der Waals surface area contributed by atoms with Gasteiger partial charge in [0, 0.05) is 42.3 Å². The molecule has 0 unspecified atom stereocenters. The molecule has 4 aromatic rings. The number of sulfonamides is 1. The highest BCUT2D eigenvalue weighted by molar-refractivity contribution is 7.90. The van der Waals surface area contributed by atoms with Crippen LogP contribution in [0.3, 0.4) is 0 Å². The molecule has 1 fully saturated rings. The molecule has 5 rings (SSSR count). The van der Waals surface area contributed by atoms with E-state index in [-0.39, 0.29) is 23.3 Å². The fourth-order valence-corrected chi connectivity index (χ4v) is 7.31. The number of aromatic nitrogens is 2. The van der Waals surface area contributed by atoms with Gasteiger partial charge < -0.3 is 19.2 Å². The Morgan fingerprint density at radius 2 is 1.77 bits per heavy atom. The minimum Gasteiger partial charge on any atom is -0.494 e. The third-order valence-electron chi connectivity index (χ3n) is 8.06. The number of hydrogen-bond donors (Lipinski definition) is 2. The van der Waals surface area contributed by atoms with E-state index in [1.54, 1.807) is 15.5 Å². The number of ether oxygens (including phenoxy) is 1. The Balaban J connectivity index is 1.20. The molecule has 2 aromatic carbocycles. The predicted octanol–water partition coefficient (Wildman–Crippen LogP) is 5.40. The molecular formula is C32H37ClN4O5S. The summed E-state index contributed by atoms with van der Waals surface area (Å²) >= 11 is 6.27. The largest absolute Gasteiger partial charge is 0.494 e. The first-order valence-electron chi connectivity index (χ1n) is 14.5. The lowest BCUT2D eigenvalue weighted by atomic mass is 9.99. The number of hydrogen-bond acceptors (Lipinski definition) is 5. The maximum atomic E-state index is 13.3. The number of nitrogens with zero attached hydrogens (tertiary/aromatic N) is 2. The summed E-state index contributed by atoms with van der Waals surface area (Å²) in [7, 11) is -2.08. The summed E-state index contributed by atoms with van der Waals surface area (Å²) in [6, 6.07) is 14.9. The average Bonchev–Trinajstić information content (AvgIpc) is 3.57.